The second-order valence-corrected chi connectivity index (χ2v) is 6.54. The third-order valence-corrected chi connectivity index (χ3v) is 4.38. The SMILES string of the molecule is O=C(Cn1cccc1-c1nc(-c2ccc(F)cc2)no1)Nc1ccc(F)c(Cl)c1. The number of benzene rings is 2. The molecular formula is C20H13ClF2N4O2. The lowest BCUT2D eigenvalue weighted by Crippen LogP contribution is -2.18. The second-order valence-electron chi connectivity index (χ2n) is 6.13. The predicted molar refractivity (Wildman–Crippen MR) is 103 cm³/mol. The number of nitrogens with one attached hydrogen (secondary N) is 1. The van der Waals surface area contributed by atoms with Gasteiger partial charge in [0.05, 0.1) is 5.02 Å². The molecular weight excluding hydrogens is 402 g/mol. The zero-order chi connectivity index (χ0) is 20.4. The van der Waals surface area contributed by atoms with Gasteiger partial charge < -0.3 is 14.4 Å². The van der Waals surface area contributed by atoms with Crippen LogP contribution in [0, 0.1) is 11.6 Å². The fourth-order valence-corrected chi connectivity index (χ4v) is 2.90. The quantitative estimate of drug-likeness (QED) is 0.510. The van der Waals surface area contributed by atoms with E-state index in [9.17, 15) is 13.6 Å². The van der Waals surface area contributed by atoms with Crippen molar-refractivity contribution in [2.24, 2.45) is 0 Å². The number of aromatic nitrogens is 3. The highest BCUT2D eigenvalue weighted by Crippen LogP contribution is 2.23. The Labute approximate surface area is 168 Å². The van der Waals surface area contributed by atoms with E-state index in [1.54, 1.807) is 35.0 Å². The van der Waals surface area contributed by atoms with Crippen molar-refractivity contribution in [3.05, 3.63) is 77.5 Å². The molecule has 146 valence electrons. The van der Waals surface area contributed by atoms with Crippen LogP contribution in [0.2, 0.25) is 5.02 Å². The molecule has 0 saturated carbocycles. The van der Waals surface area contributed by atoms with Crippen LogP contribution >= 0.6 is 11.6 Å². The van der Waals surface area contributed by atoms with Crippen LogP contribution in [0.4, 0.5) is 14.5 Å². The van der Waals surface area contributed by atoms with Crippen molar-refractivity contribution >= 4 is 23.2 Å². The summed E-state index contributed by atoms with van der Waals surface area (Å²) in [6, 6.07) is 13.1. The van der Waals surface area contributed by atoms with E-state index in [1.165, 1.54) is 30.3 Å². The maximum atomic E-state index is 13.2. The molecule has 2 aromatic heterocycles. The zero-order valence-electron chi connectivity index (χ0n) is 14.8. The molecule has 0 aliphatic rings. The van der Waals surface area contributed by atoms with E-state index in [1.807, 2.05) is 0 Å². The first-order valence-corrected chi connectivity index (χ1v) is 8.87. The topological polar surface area (TPSA) is 73.0 Å². The maximum Gasteiger partial charge on any atom is 0.274 e. The Bertz CT molecular complexity index is 1170. The van der Waals surface area contributed by atoms with E-state index in [4.69, 9.17) is 16.1 Å². The van der Waals surface area contributed by atoms with Crippen molar-refractivity contribution in [1.82, 2.24) is 14.7 Å². The van der Waals surface area contributed by atoms with Gasteiger partial charge in [-0.2, -0.15) is 4.98 Å². The molecule has 0 bridgehead atoms. The van der Waals surface area contributed by atoms with Crippen LogP contribution in [-0.4, -0.2) is 20.6 Å². The van der Waals surface area contributed by atoms with E-state index in [-0.39, 0.29) is 29.2 Å². The number of anilines is 1. The standard InChI is InChI=1S/C20H13ClF2N4O2/c21-15-10-14(7-8-16(15)23)24-18(28)11-27-9-1-2-17(27)20-25-19(26-29-20)12-3-5-13(22)6-4-12/h1-10H,11H2,(H,24,28). The summed E-state index contributed by atoms with van der Waals surface area (Å²) in [6.45, 7) is -0.0361. The van der Waals surface area contributed by atoms with Gasteiger partial charge in [0.15, 0.2) is 0 Å². The van der Waals surface area contributed by atoms with E-state index >= 15 is 0 Å². The molecule has 29 heavy (non-hydrogen) atoms. The number of hydrogen-bond donors (Lipinski definition) is 1. The van der Waals surface area contributed by atoms with Gasteiger partial charge in [0, 0.05) is 17.4 Å². The molecule has 0 fully saturated rings. The number of carbonyl (C=O) groups excluding carboxylic acids is 1. The van der Waals surface area contributed by atoms with Gasteiger partial charge in [-0.15, -0.1) is 0 Å². The van der Waals surface area contributed by atoms with Crippen LogP contribution in [0.3, 0.4) is 0 Å². The molecule has 2 heterocycles. The molecule has 2 aromatic carbocycles. The first-order chi connectivity index (χ1) is 14.0. The lowest BCUT2D eigenvalue weighted by Gasteiger charge is -2.08. The Morgan fingerprint density at radius 3 is 2.69 bits per heavy atom. The van der Waals surface area contributed by atoms with Gasteiger partial charge in [-0.05, 0) is 54.6 Å². The molecule has 6 nitrogen and oxygen atoms in total. The van der Waals surface area contributed by atoms with E-state index in [0.717, 1.165) is 0 Å². The first-order valence-electron chi connectivity index (χ1n) is 8.49. The van der Waals surface area contributed by atoms with Crippen molar-refractivity contribution in [2.75, 3.05) is 5.32 Å². The van der Waals surface area contributed by atoms with E-state index in [2.05, 4.69) is 15.5 Å². The second kappa shape index (κ2) is 7.84. The third kappa shape index (κ3) is 4.17. The van der Waals surface area contributed by atoms with Gasteiger partial charge in [0.1, 0.15) is 23.9 Å². The molecule has 4 aromatic rings. The average Bonchev–Trinajstić information content (AvgIpc) is 3.34. The largest absolute Gasteiger partial charge is 0.334 e. The van der Waals surface area contributed by atoms with Gasteiger partial charge in [-0.1, -0.05) is 16.8 Å². The van der Waals surface area contributed by atoms with Crippen LogP contribution in [0.1, 0.15) is 0 Å². The molecule has 4 rings (SSSR count). The van der Waals surface area contributed by atoms with Crippen LogP contribution in [0.25, 0.3) is 23.0 Å². The summed E-state index contributed by atoms with van der Waals surface area (Å²) in [5.41, 5.74) is 1.52. The van der Waals surface area contributed by atoms with Crippen LogP contribution in [0.15, 0.2) is 65.3 Å². The lowest BCUT2D eigenvalue weighted by molar-refractivity contribution is -0.116. The molecule has 1 amide bonds. The normalized spacial score (nSPS) is 10.9. The van der Waals surface area contributed by atoms with Crippen molar-refractivity contribution in [2.45, 2.75) is 6.54 Å². The fraction of sp³-hybridized carbons (Fsp3) is 0.0500. The summed E-state index contributed by atoms with van der Waals surface area (Å²) in [5, 5.41) is 6.48. The van der Waals surface area contributed by atoms with Gasteiger partial charge >= 0.3 is 0 Å². The first kappa shape index (κ1) is 18.8. The molecule has 0 radical (unpaired) electrons. The average molecular weight is 415 g/mol. The number of halogens is 3. The number of nitrogens with zero attached hydrogens (tertiary/aromatic N) is 3. The minimum atomic E-state index is -0.564. The highest BCUT2D eigenvalue weighted by atomic mass is 35.5. The minimum absolute atomic E-state index is 0.0361. The smallest absolute Gasteiger partial charge is 0.274 e. The lowest BCUT2D eigenvalue weighted by atomic mass is 10.2. The Morgan fingerprint density at radius 2 is 1.93 bits per heavy atom. The van der Waals surface area contributed by atoms with Crippen LogP contribution in [0.5, 0.6) is 0 Å². The van der Waals surface area contributed by atoms with E-state index < -0.39 is 5.82 Å². The molecule has 0 saturated heterocycles. The van der Waals surface area contributed by atoms with E-state index in [0.29, 0.717) is 22.8 Å². The summed E-state index contributed by atoms with van der Waals surface area (Å²) in [4.78, 5) is 16.7. The van der Waals surface area contributed by atoms with Crippen LogP contribution < -0.4 is 5.32 Å². The van der Waals surface area contributed by atoms with Crippen LogP contribution in [-0.2, 0) is 11.3 Å². The Morgan fingerprint density at radius 1 is 1.14 bits per heavy atom. The summed E-state index contributed by atoms with van der Waals surface area (Å²) in [5.74, 6) is -0.751. The summed E-state index contributed by atoms with van der Waals surface area (Å²) in [6.07, 6.45) is 1.69. The Balaban J connectivity index is 1.50. The molecule has 0 spiro atoms. The molecule has 0 aliphatic carbocycles. The molecule has 9 heteroatoms. The fourth-order valence-electron chi connectivity index (χ4n) is 2.72. The number of rotatable bonds is 5. The Hall–Kier alpha value is -3.52. The monoisotopic (exact) mass is 414 g/mol. The number of carbonyl (C=O) groups is 1. The van der Waals surface area contributed by atoms with Crippen molar-refractivity contribution < 1.29 is 18.1 Å². The van der Waals surface area contributed by atoms with Gasteiger partial charge in [0.2, 0.25) is 11.7 Å². The maximum absolute atomic E-state index is 13.2. The van der Waals surface area contributed by atoms with Crippen molar-refractivity contribution in [3.8, 4) is 23.0 Å². The predicted octanol–water partition coefficient (Wildman–Crippen LogP) is 4.78. The number of hydrogen-bond acceptors (Lipinski definition) is 4. The summed E-state index contributed by atoms with van der Waals surface area (Å²) >= 11 is 5.73. The third-order valence-electron chi connectivity index (χ3n) is 4.09. The van der Waals surface area contributed by atoms with Crippen molar-refractivity contribution in [3.63, 3.8) is 0 Å². The number of amides is 1. The molecule has 1 N–H and O–H groups in total. The summed E-state index contributed by atoms with van der Waals surface area (Å²) in [7, 11) is 0. The highest BCUT2D eigenvalue weighted by Gasteiger charge is 2.16. The Kier molecular flexibility index (Phi) is 5.09. The van der Waals surface area contributed by atoms with Gasteiger partial charge in [-0.25, -0.2) is 8.78 Å². The zero-order valence-corrected chi connectivity index (χ0v) is 15.5. The van der Waals surface area contributed by atoms with Gasteiger partial charge in [0.25, 0.3) is 5.89 Å². The minimum Gasteiger partial charge on any atom is -0.334 e. The molecule has 0 unspecified atom stereocenters. The highest BCUT2D eigenvalue weighted by molar-refractivity contribution is 6.31. The molecule has 0 atom stereocenters. The summed E-state index contributed by atoms with van der Waals surface area (Å²) < 4.78 is 33.2. The van der Waals surface area contributed by atoms with Gasteiger partial charge in [-0.3, -0.25) is 4.79 Å². The van der Waals surface area contributed by atoms with Crippen molar-refractivity contribution in [1.29, 1.82) is 0 Å². The molecule has 0 aliphatic heterocycles.